The van der Waals surface area contributed by atoms with Gasteiger partial charge in [0, 0.05) is 12.0 Å². The average molecular weight is 320 g/mol. The maximum absolute atomic E-state index is 11.7. The van der Waals surface area contributed by atoms with Gasteiger partial charge in [-0.15, -0.1) is 0 Å². The number of phenols is 1. The zero-order valence-electron chi connectivity index (χ0n) is 13.9. The van der Waals surface area contributed by atoms with Crippen molar-refractivity contribution in [3.05, 3.63) is 22.8 Å². The third kappa shape index (κ3) is 3.66. The van der Waals surface area contributed by atoms with Gasteiger partial charge in [-0.05, 0) is 51.2 Å². The number of hydrogen-bond donors (Lipinski definition) is 2. The lowest BCUT2D eigenvalue weighted by Gasteiger charge is -2.37. The van der Waals surface area contributed by atoms with Gasteiger partial charge in [-0.3, -0.25) is 9.59 Å². The number of ether oxygens (including phenoxy) is 1. The molecule has 126 valence electrons. The molecule has 0 radical (unpaired) electrons. The summed E-state index contributed by atoms with van der Waals surface area (Å²) in [5, 5.41) is 19.3. The van der Waals surface area contributed by atoms with Crippen LogP contribution in [0.15, 0.2) is 6.07 Å². The number of hydrogen-bond acceptors (Lipinski definition) is 4. The Kier molecular flexibility index (Phi) is 4.97. The number of carbonyl (C=O) groups excluding carboxylic acids is 1. The Bertz CT molecular complexity index is 635. The summed E-state index contributed by atoms with van der Waals surface area (Å²) in [6, 6.07) is 1.71. The number of Topliss-reactive ketones (excluding diaryl/α,β-unsaturated/α-hetero) is 1. The molecule has 1 aromatic carbocycles. The average Bonchev–Trinajstić information content (AvgIpc) is 2.48. The van der Waals surface area contributed by atoms with Crippen molar-refractivity contribution >= 4 is 11.8 Å². The Balaban J connectivity index is 2.43. The predicted molar refractivity (Wildman–Crippen MR) is 86.3 cm³/mol. The van der Waals surface area contributed by atoms with E-state index >= 15 is 0 Å². The van der Waals surface area contributed by atoms with Crippen molar-refractivity contribution in [2.45, 2.75) is 64.9 Å². The summed E-state index contributed by atoms with van der Waals surface area (Å²) in [5.74, 6) is -0.375. The number of ketones is 1. The van der Waals surface area contributed by atoms with E-state index in [0.717, 1.165) is 12.0 Å². The molecule has 0 amide bonds. The first-order valence-electron chi connectivity index (χ1n) is 8.07. The minimum Gasteiger partial charge on any atom is -0.507 e. The summed E-state index contributed by atoms with van der Waals surface area (Å²) in [6.07, 6.45) is 3.31. The summed E-state index contributed by atoms with van der Waals surface area (Å²) in [4.78, 5) is 22.6. The van der Waals surface area contributed by atoms with Gasteiger partial charge in [-0.2, -0.15) is 0 Å². The molecule has 0 bridgehead atoms. The molecule has 0 aliphatic carbocycles. The predicted octanol–water partition coefficient (Wildman–Crippen LogP) is 3.50. The highest BCUT2D eigenvalue weighted by Crippen LogP contribution is 2.43. The number of carbonyl (C=O) groups is 2. The van der Waals surface area contributed by atoms with Gasteiger partial charge in [0.15, 0.2) is 5.78 Å². The van der Waals surface area contributed by atoms with Gasteiger partial charge in [0.05, 0.1) is 5.56 Å². The number of carboxylic acids is 1. The largest absolute Gasteiger partial charge is 0.507 e. The van der Waals surface area contributed by atoms with E-state index in [1.54, 1.807) is 6.07 Å². The van der Waals surface area contributed by atoms with E-state index in [1.165, 1.54) is 6.92 Å². The fourth-order valence-electron chi connectivity index (χ4n) is 3.08. The van der Waals surface area contributed by atoms with Crippen molar-refractivity contribution in [3.8, 4) is 11.5 Å². The quantitative estimate of drug-likeness (QED) is 0.784. The lowest BCUT2D eigenvalue weighted by Crippen LogP contribution is -2.37. The van der Waals surface area contributed by atoms with Crippen LogP contribution < -0.4 is 4.74 Å². The molecule has 1 heterocycles. The summed E-state index contributed by atoms with van der Waals surface area (Å²) < 4.78 is 6.13. The first kappa shape index (κ1) is 17.3. The summed E-state index contributed by atoms with van der Waals surface area (Å²) in [6.45, 7) is 5.35. The van der Waals surface area contributed by atoms with Gasteiger partial charge in [-0.1, -0.05) is 13.3 Å². The number of benzene rings is 1. The molecular formula is C18H24O5. The zero-order valence-corrected chi connectivity index (χ0v) is 13.9. The van der Waals surface area contributed by atoms with Gasteiger partial charge in [0.1, 0.15) is 17.1 Å². The topological polar surface area (TPSA) is 83.8 Å². The molecule has 5 heteroatoms. The van der Waals surface area contributed by atoms with E-state index in [0.29, 0.717) is 42.6 Å². The van der Waals surface area contributed by atoms with Gasteiger partial charge in [-0.25, -0.2) is 0 Å². The van der Waals surface area contributed by atoms with Crippen molar-refractivity contribution in [2.75, 3.05) is 0 Å². The van der Waals surface area contributed by atoms with Crippen molar-refractivity contribution in [3.63, 3.8) is 0 Å². The molecule has 2 N–H and O–H groups in total. The summed E-state index contributed by atoms with van der Waals surface area (Å²) >= 11 is 0. The van der Waals surface area contributed by atoms with E-state index in [-0.39, 0.29) is 18.0 Å². The Hall–Kier alpha value is -2.04. The number of aromatic hydroxyl groups is 1. The zero-order chi connectivity index (χ0) is 17.2. The molecule has 0 saturated heterocycles. The summed E-state index contributed by atoms with van der Waals surface area (Å²) in [5.41, 5.74) is 1.36. The van der Waals surface area contributed by atoms with E-state index in [9.17, 15) is 14.7 Å². The number of fused-ring (bicyclic) bond motifs is 1. The van der Waals surface area contributed by atoms with Crippen LogP contribution in [0.2, 0.25) is 0 Å². The fraction of sp³-hybridized carbons (Fsp3) is 0.556. The van der Waals surface area contributed by atoms with Gasteiger partial charge < -0.3 is 14.9 Å². The molecule has 0 fully saturated rings. The molecular weight excluding hydrogens is 296 g/mol. The summed E-state index contributed by atoms with van der Waals surface area (Å²) in [7, 11) is 0. The maximum atomic E-state index is 11.7. The van der Waals surface area contributed by atoms with Crippen molar-refractivity contribution in [1.29, 1.82) is 0 Å². The van der Waals surface area contributed by atoms with Crippen LogP contribution in [0.25, 0.3) is 0 Å². The number of aryl methyl sites for hydroxylation is 1. The number of aliphatic carboxylic acids is 1. The van der Waals surface area contributed by atoms with E-state index in [2.05, 4.69) is 0 Å². The van der Waals surface area contributed by atoms with Crippen LogP contribution in [-0.4, -0.2) is 27.6 Å². The lowest BCUT2D eigenvalue weighted by molar-refractivity contribution is -0.138. The number of rotatable bonds is 6. The Morgan fingerprint density at radius 2 is 2.09 bits per heavy atom. The molecule has 5 nitrogen and oxygen atoms in total. The van der Waals surface area contributed by atoms with Crippen molar-refractivity contribution in [2.24, 2.45) is 0 Å². The van der Waals surface area contributed by atoms with E-state index < -0.39 is 11.6 Å². The Labute approximate surface area is 136 Å². The normalized spacial score (nSPS) is 19.8. The Morgan fingerprint density at radius 1 is 1.39 bits per heavy atom. The van der Waals surface area contributed by atoms with Crippen LogP contribution in [0.1, 0.15) is 67.9 Å². The highest BCUT2D eigenvalue weighted by Gasteiger charge is 2.34. The van der Waals surface area contributed by atoms with Crippen LogP contribution in [0.3, 0.4) is 0 Å². The first-order chi connectivity index (χ1) is 10.8. The molecule has 1 aromatic rings. The molecule has 1 aliphatic heterocycles. The minimum absolute atomic E-state index is 0.000541. The number of phenolic OH excluding ortho intramolecular Hbond substituents is 1. The van der Waals surface area contributed by atoms with Crippen LogP contribution in [0.4, 0.5) is 0 Å². The highest BCUT2D eigenvalue weighted by molar-refractivity contribution is 5.97. The molecule has 2 rings (SSSR count). The maximum Gasteiger partial charge on any atom is 0.303 e. The van der Waals surface area contributed by atoms with Gasteiger partial charge >= 0.3 is 5.97 Å². The van der Waals surface area contributed by atoms with Crippen LogP contribution >= 0.6 is 0 Å². The SMILES string of the molecule is CCCc1c(O)c(C(C)=O)cc2c1OC(C)(CCC(=O)O)CC2. The molecule has 1 unspecified atom stereocenters. The molecule has 0 aromatic heterocycles. The van der Waals surface area contributed by atoms with E-state index in [4.69, 9.17) is 9.84 Å². The third-order valence-electron chi connectivity index (χ3n) is 4.44. The monoisotopic (exact) mass is 320 g/mol. The van der Waals surface area contributed by atoms with Crippen LogP contribution in [-0.2, 0) is 17.6 Å². The first-order valence-corrected chi connectivity index (χ1v) is 8.07. The van der Waals surface area contributed by atoms with Gasteiger partial charge in [0.2, 0.25) is 0 Å². The second kappa shape index (κ2) is 6.60. The minimum atomic E-state index is -0.843. The third-order valence-corrected chi connectivity index (χ3v) is 4.44. The highest BCUT2D eigenvalue weighted by atomic mass is 16.5. The van der Waals surface area contributed by atoms with Gasteiger partial charge in [0.25, 0.3) is 0 Å². The Morgan fingerprint density at radius 3 is 2.65 bits per heavy atom. The molecule has 1 atom stereocenters. The standard InChI is InChI=1S/C18H24O5/c1-4-5-13-16(22)14(11(2)19)10-12-6-8-18(3,23-17(12)13)9-7-15(20)21/h10,22H,4-9H2,1-3H3,(H,20,21). The lowest BCUT2D eigenvalue weighted by atomic mass is 9.86. The second-order valence-corrected chi connectivity index (χ2v) is 6.49. The smallest absolute Gasteiger partial charge is 0.303 e. The molecule has 0 saturated carbocycles. The second-order valence-electron chi connectivity index (χ2n) is 6.49. The van der Waals surface area contributed by atoms with E-state index in [1.807, 2.05) is 13.8 Å². The van der Waals surface area contributed by atoms with Crippen LogP contribution in [0.5, 0.6) is 11.5 Å². The molecule has 0 spiro atoms. The molecule has 1 aliphatic rings. The fourth-order valence-corrected chi connectivity index (χ4v) is 3.08. The number of carboxylic acid groups (broad SMARTS) is 1. The van der Waals surface area contributed by atoms with Crippen molar-refractivity contribution < 1.29 is 24.5 Å². The molecule has 23 heavy (non-hydrogen) atoms. The van der Waals surface area contributed by atoms with Crippen molar-refractivity contribution in [1.82, 2.24) is 0 Å². The van der Waals surface area contributed by atoms with Crippen LogP contribution in [0, 0.1) is 0 Å².